The van der Waals surface area contributed by atoms with Crippen LogP contribution in [0.5, 0.6) is 0 Å². The molecule has 0 bridgehead atoms. The van der Waals surface area contributed by atoms with Crippen molar-refractivity contribution in [1.82, 2.24) is 5.32 Å². The molecule has 0 aliphatic heterocycles. The van der Waals surface area contributed by atoms with Gasteiger partial charge in [0.2, 0.25) is 5.76 Å². The molecule has 0 aromatic carbocycles. The van der Waals surface area contributed by atoms with Crippen LogP contribution in [-0.4, -0.2) is 17.6 Å². The fraction of sp³-hybridized carbons (Fsp3) is 0.615. The molecule has 1 aliphatic carbocycles. The summed E-state index contributed by atoms with van der Waals surface area (Å²) in [6, 6.07) is 1.71. The van der Waals surface area contributed by atoms with Gasteiger partial charge in [-0.3, -0.25) is 0 Å². The van der Waals surface area contributed by atoms with Crippen molar-refractivity contribution in [3.8, 4) is 0 Å². The lowest BCUT2D eigenvalue weighted by molar-refractivity contribution is 0.0660. The number of hydrogen-bond donors (Lipinski definition) is 2. The number of furan rings is 1. The molecule has 0 radical (unpaired) electrons. The zero-order valence-corrected chi connectivity index (χ0v) is 9.95. The lowest BCUT2D eigenvalue weighted by atomic mass is 10.0. The number of aromatic carboxylic acids is 1. The summed E-state index contributed by atoms with van der Waals surface area (Å²) in [5.74, 6) is -0.0771. The van der Waals surface area contributed by atoms with Gasteiger partial charge < -0.3 is 14.8 Å². The first-order valence-corrected chi connectivity index (χ1v) is 6.27. The Morgan fingerprint density at radius 3 is 2.94 bits per heavy atom. The molecule has 1 aromatic rings. The Hall–Kier alpha value is -1.29. The molecule has 1 heterocycles. The van der Waals surface area contributed by atoms with Gasteiger partial charge in [-0.25, -0.2) is 4.79 Å². The van der Waals surface area contributed by atoms with Crippen molar-refractivity contribution >= 4 is 5.97 Å². The van der Waals surface area contributed by atoms with Crippen molar-refractivity contribution in [1.29, 1.82) is 0 Å². The molecule has 0 unspecified atom stereocenters. The van der Waals surface area contributed by atoms with Crippen LogP contribution in [0.3, 0.4) is 0 Å². The molecule has 1 aromatic heterocycles. The fourth-order valence-electron chi connectivity index (χ4n) is 2.49. The van der Waals surface area contributed by atoms with Crippen molar-refractivity contribution in [3.63, 3.8) is 0 Å². The lowest BCUT2D eigenvalue weighted by Gasteiger charge is -2.09. The monoisotopic (exact) mass is 237 g/mol. The maximum atomic E-state index is 10.8. The highest BCUT2D eigenvalue weighted by molar-refractivity contribution is 5.86. The highest BCUT2D eigenvalue weighted by Gasteiger charge is 2.15. The van der Waals surface area contributed by atoms with Gasteiger partial charge >= 0.3 is 5.97 Å². The molecule has 0 amide bonds. The van der Waals surface area contributed by atoms with E-state index in [1.807, 2.05) is 0 Å². The van der Waals surface area contributed by atoms with Crippen LogP contribution in [0.2, 0.25) is 0 Å². The summed E-state index contributed by atoms with van der Waals surface area (Å²) in [5.41, 5.74) is 0.726. The van der Waals surface area contributed by atoms with Gasteiger partial charge in [0.1, 0.15) is 0 Å². The molecule has 2 rings (SSSR count). The third-order valence-electron chi connectivity index (χ3n) is 3.46. The highest BCUT2D eigenvalue weighted by atomic mass is 16.4. The Morgan fingerprint density at radius 1 is 1.47 bits per heavy atom. The summed E-state index contributed by atoms with van der Waals surface area (Å²) in [6.45, 7) is 1.53. The van der Waals surface area contributed by atoms with Gasteiger partial charge in [0.05, 0.1) is 6.26 Å². The maximum Gasteiger partial charge on any atom is 0.372 e. The molecule has 2 N–H and O–H groups in total. The van der Waals surface area contributed by atoms with Gasteiger partial charge in [0, 0.05) is 12.1 Å². The summed E-state index contributed by atoms with van der Waals surface area (Å²) in [4.78, 5) is 10.8. The Bertz CT molecular complexity index is 366. The first-order valence-electron chi connectivity index (χ1n) is 6.27. The van der Waals surface area contributed by atoms with Gasteiger partial charge in [-0.2, -0.15) is 0 Å². The highest BCUT2D eigenvalue weighted by Crippen LogP contribution is 2.26. The molecule has 1 saturated carbocycles. The number of nitrogens with one attached hydrogen (secondary N) is 1. The Kier molecular flexibility index (Phi) is 4.20. The van der Waals surface area contributed by atoms with Crippen molar-refractivity contribution in [2.24, 2.45) is 5.92 Å². The molecule has 4 nitrogen and oxygen atoms in total. The van der Waals surface area contributed by atoms with Crippen LogP contribution in [0.1, 0.15) is 48.2 Å². The minimum absolute atomic E-state index is 0.0540. The van der Waals surface area contributed by atoms with E-state index in [0.717, 1.165) is 18.0 Å². The van der Waals surface area contributed by atoms with Crippen molar-refractivity contribution in [3.05, 3.63) is 23.7 Å². The standard InChI is InChI=1S/C13H19NO3/c15-13(16)12-11(6-8-17-12)9-14-7-5-10-3-1-2-4-10/h6,8,10,14H,1-5,7,9H2,(H,15,16). The number of rotatable bonds is 6. The first kappa shape index (κ1) is 12.2. The van der Waals surface area contributed by atoms with Gasteiger partial charge in [-0.1, -0.05) is 25.7 Å². The molecule has 0 atom stereocenters. The molecule has 17 heavy (non-hydrogen) atoms. The normalized spacial score (nSPS) is 16.5. The van der Waals surface area contributed by atoms with E-state index in [4.69, 9.17) is 9.52 Å². The third kappa shape index (κ3) is 3.33. The van der Waals surface area contributed by atoms with Crippen molar-refractivity contribution in [2.75, 3.05) is 6.54 Å². The molecule has 4 heteroatoms. The van der Waals surface area contributed by atoms with E-state index in [0.29, 0.717) is 6.54 Å². The van der Waals surface area contributed by atoms with Crippen LogP contribution < -0.4 is 5.32 Å². The SMILES string of the molecule is O=C(O)c1occc1CNCCC1CCCC1. The van der Waals surface area contributed by atoms with Crippen LogP contribution in [0.4, 0.5) is 0 Å². The predicted octanol–water partition coefficient (Wildman–Crippen LogP) is 2.65. The van der Waals surface area contributed by atoms with Crippen LogP contribution in [-0.2, 0) is 6.54 Å². The van der Waals surface area contributed by atoms with E-state index in [9.17, 15) is 4.79 Å². The third-order valence-corrected chi connectivity index (χ3v) is 3.46. The van der Waals surface area contributed by atoms with E-state index >= 15 is 0 Å². The average Bonchev–Trinajstić information content (AvgIpc) is 2.95. The Labute approximate surface area is 101 Å². The van der Waals surface area contributed by atoms with Gasteiger partial charge in [-0.05, 0) is 24.9 Å². The second-order valence-corrected chi connectivity index (χ2v) is 4.70. The molecule has 94 valence electrons. The Balaban J connectivity index is 1.70. The fourth-order valence-corrected chi connectivity index (χ4v) is 2.49. The molecule has 0 spiro atoms. The minimum atomic E-state index is -0.998. The summed E-state index contributed by atoms with van der Waals surface area (Å²) in [6.07, 6.45) is 8.07. The number of carbonyl (C=O) groups is 1. The first-order chi connectivity index (χ1) is 8.27. The lowest BCUT2D eigenvalue weighted by Crippen LogP contribution is -2.18. The van der Waals surface area contributed by atoms with E-state index in [1.165, 1.54) is 38.4 Å². The molecular formula is C13H19NO3. The number of carboxylic acids is 1. The second kappa shape index (κ2) is 5.87. The molecule has 1 fully saturated rings. The molecule has 0 saturated heterocycles. The van der Waals surface area contributed by atoms with Crippen LogP contribution >= 0.6 is 0 Å². The number of hydrogen-bond acceptors (Lipinski definition) is 3. The quantitative estimate of drug-likeness (QED) is 0.747. The average molecular weight is 237 g/mol. The minimum Gasteiger partial charge on any atom is -0.475 e. The molecular weight excluding hydrogens is 218 g/mol. The van der Waals surface area contributed by atoms with Crippen LogP contribution in [0.25, 0.3) is 0 Å². The smallest absolute Gasteiger partial charge is 0.372 e. The summed E-state index contributed by atoms with van der Waals surface area (Å²) >= 11 is 0. The summed E-state index contributed by atoms with van der Waals surface area (Å²) in [7, 11) is 0. The van der Waals surface area contributed by atoms with Crippen LogP contribution in [0, 0.1) is 5.92 Å². The van der Waals surface area contributed by atoms with Crippen molar-refractivity contribution < 1.29 is 14.3 Å². The van der Waals surface area contributed by atoms with Crippen molar-refractivity contribution in [2.45, 2.75) is 38.6 Å². The number of carboxylic acid groups (broad SMARTS) is 1. The van der Waals surface area contributed by atoms with E-state index < -0.39 is 5.97 Å². The Morgan fingerprint density at radius 2 is 2.24 bits per heavy atom. The largest absolute Gasteiger partial charge is 0.475 e. The zero-order chi connectivity index (χ0) is 12.1. The zero-order valence-electron chi connectivity index (χ0n) is 9.95. The van der Waals surface area contributed by atoms with E-state index in [2.05, 4.69) is 5.32 Å². The van der Waals surface area contributed by atoms with Gasteiger partial charge in [0.15, 0.2) is 0 Å². The van der Waals surface area contributed by atoms with E-state index in [1.54, 1.807) is 6.07 Å². The van der Waals surface area contributed by atoms with Gasteiger partial charge in [-0.15, -0.1) is 0 Å². The summed E-state index contributed by atoms with van der Waals surface area (Å²) in [5, 5.41) is 12.1. The second-order valence-electron chi connectivity index (χ2n) is 4.70. The maximum absolute atomic E-state index is 10.8. The van der Waals surface area contributed by atoms with E-state index in [-0.39, 0.29) is 5.76 Å². The molecule has 1 aliphatic rings. The van der Waals surface area contributed by atoms with Gasteiger partial charge in [0.25, 0.3) is 0 Å². The topological polar surface area (TPSA) is 62.5 Å². The summed E-state index contributed by atoms with van der Waals surface area (Å²) < 4.78 is 4.92. The predicted molar refractivity (Wildman–Crippen MR) is 63.9 cm³/mol. The van der Waals surface area contributed by atoms with Crippen LogP contribution in [0.15, 0.2) is 16.7 Å².